The lowest BCUT2D eigenvalue weighted by Gasteiger charge is -2.27. The number of carboxylic acids is 1. The summed E-state index contributed by atoms with van der Waals surface area (Å²) in [5, 5.41) is 8.74. The molecule has 0 saturated heterocycles. The second kappa shape index (κ2) is 5.78. The molecule has 1 N–H and O–H groups in total. The Kier molecular flexibility index (Phi) is 4.08. The summed E-state index contributed by atoms with van der Waals surface area (Å²) in [7, 11) is 0. The molecule has 0 amide bonds. The van der Waals surface area contributed by atoms with Crippen LogP contribution < -0.4 is 4.74 Å². The molecule has 0 atom stereocenters. The summed E-state index contributed by atoms with van der Waals surface area (Å²) in [6, 6.07) is 17.2. The Morgan fingerprint density at radius 1 is 1.05 bits per heavy atom. The highest BCUT2D eigenvalue weighted by Crippen LogP contribution is 2.27. The average molecular weight is 270 g/mol. The molecule has 0 aromatic heterocycles. The van der Waals surface area contributed by atoms with E-state index in [1.165, 1.54) is 0 Å². The molecule has 0 aliphatic carbocycles. The van der Waals surface area contributed by atoms with Crippen LogP contribution in [-0.2, 0) is 16.8 Å². The highest BCUT2D eigenvalue weighted by molar-refractivity contribution is 5.70. The van der Waals surface area contributed by atoms with E-state index in [0.717, 1.165) is 16.9 Å². The van der Waals surface area contributed by atoms with Crippen LogP contribution in [0.3, 0.4) is 0 Å². The SMILES string of the molecule is CC(C)(Oc1ccc(CC(=O)O)cc1)c1ccccc1. The lowest BCUT2D eigenvalue weighted by atomic mass is 9.98. The third-order valence-electron chi connectivity index (χ3n) is 3.12. The van der Waals surface area contributed by atoms with Crippen molar-refractivity contribution in [2.24, 2.45) is 0 Å². The lowest BCUT2D eigenvalue weighted by Crippen LogP contribution is -2.25. The van der Waals surface area contributed by atoms with Crippen molar-refractivity contribution in [2.45, 2.75) is 25.9 Å². The van der Waals surface area contributed by atoms with Crippen LogP contribution in [-0.4, -0.2) is 11.1 Å². The van der Waals surface area contributed by atoms with Crippen LogP contribution in [0.15, 0.2) is 54.6 Å². The molecule has 0 aliphatic rings. The van der Waals surface area contributed by atoms with Gasteiger partial charge in [0.1, 0.15) is 11.4 Å². The maximum absolute atomic E-state index is 10.6. The maximum Gasteiger partial charge on any atom is 0.307 e. The van der Waals surface area contributed by atoms with E-state index in [2.05, 4.69) is 0 Å². The van der Waals surface area contributed by atoms with Crippen LogP contribution in [0.25, 0.3) is 0 Å². The van der Waals surface area contributed by atoms with Gasteiger partial charge in [-0.3, -0.25) is 4.79 Å². The van der Waals surface area contributed by atoms with Gasteiger partial charge in [0.05, 0.1) is 6.42 Å². The number of rotatable bonds is 5. The Hall–Kier alpha value is -2.29. The molecule has 0 fully saturated rings. The zero-order valence-corrected chi connectivity index (χ0v) is 11.7. The van der Waals surface area contributed by atoms with Gasteiger partial charge in [0.25, 0.3) is 0 Å². The Balaban J connectivity index is 2.11. The van der Waals surface area contributed by atoms with E-state index in [-0.39, 0.29) is 6.42 Å². The number of carboxylic acid groups (broad SMARTS) is 1. The monoisotopic (exact) mass is 270 g/mol. The molecule has 0 aliphatic heterocycles. The summed E-state index contributed by atoms with van der Waals surface area (Å²) in [5.74, 6) is -0.101. The first kappa shape index (κ1) is 14.1. The van der Waals surface area contributed by atoms with Crippen LogP contribution >= 0.6 is 0 Å². The van der Waals surface area contributed by atoms with Gasteiger partial charge in [0.15, 0.2) is 0 Å². The fourth-order valence-corrected chi connectivity index (χ4v) is 2.04. The van der Waals surface area contributed by atoms with Crippen molar-refractivity contribution >= 4 is 5.97 Å². The quantitative estimate of drug-likeness (QED) is 0.902. The number of aliphatic carboxylic acids is 1. The van der Waals surface area contributed by atoms with Crippen molar-refractivity contribution in [3.8, 4) is 5.75 Å². The molecular formula is C17H18O3. The smallest absolute Gasteiger partial charge is 0.307 e. The average Bonchev–Trinajstić information content (AvgIpc) is 2.41. The molecule has 2 aromatic rings. The van der Waals surface area contributed by atoms with Crippen molar-refractivity contribution in [2.75, 3.05) is 0 Å². The molecule has 0 saturated carbocycles. The molecule has 0 radical (unpaired) electrons. The van der Waals surface area contributed by atoms with Crippen molar-refractivity contribution in [1.29, 1.82) is 0 Å². The largest absolute Gasteiger partial charge is 0.483 e. The van der Waals surface area contributed by atoms with Crippen molar-refractivity contribution in [3.63, 3.8) is 0 Å². The first-order valence-electron chi connectivity index (χ1n) is 6.53. The zero-order chi connectivity index (χ0) is 14.6. The van der Waals surface area contributed by atoms with Gasteiger partial charge in [0, 0.05) is 0 Å². The van der Waals surface area contributed by atoms with Gasteiger partial charge < -0.3 is 9.84 Å². The van der Waals surface area contributed by atoms with Crippen LogP contribution in [0, 0.1) is 0 Å². The van der Waals surface area contributed by atoms with E-state index in [1.807, 2.05) is 56.3 Å². The summed E-state index contributed by atoms with van der Waals surface area (Å²) in [6.07, 6.45) is 0.0301. The molecule has 104 valence electrons. The highest BCUT2D eigenvalue weighted by atomic mass is 16.5. The Morgan fingerprint density at radius 3 is 2.20 bits per heavy atom. The third kappa shape index (κ3) is 3.60. The van der Waals surface area contributed by atoms with Gasteiger partial charge in [-0.05, 0) is 37.1 Å². The van der Waals surface area contributed by atoms with E-state index in [4.69, 9.17) is 9.84 Å². The van der Waals surface area contributed by atoms with E-state index in [0.29, 0.717) is 0 Å². The van der Waals surface area contributed by atoms with Crippen LogP contribution in [0.5, 0.6) is 5.75 Å². The highest BCUT2D eigenvalue weighted by Gasteiger charge is 2.22. The van der Waals surface area contributed by atoms with E-state index >= 15 is 0 Å². The molecule has 20 heavy (non-hydrogen) atoms. The van der Waals surface area contributed by atoms with Gasteiger partial charge in [-0.15, -0.1) is 0 Å². The van der Waals surface area contributed by atoms with Crippen molar-refractivity contribution in [1.82, 2.24) is 0 Å². The minimum atomic E-state index is -0.830. The minimum Gasteiger partial charge on any atom is -0.483 e. The predicted molar refractivity (Wildman–Crippen MR) is 77.9 cm³/mol. The zero-order valence-electron chi connectivity index (χ0n) is 11.7. The van der Waals surface area contributed by atoms with Crippen LogP contribution in [0.4, 0.5) is 0 Å². The normalized spacial score (nSPS) is 11.1. The molecule has 2 aromatic carbocycles. The number of carbonyl (C=O) groups is 1. The standard InChI is InChI=1S/C17H18O3/c1-17(2,14-6-4-3-5-7-14)20-15-10-8-13(9-11-15)12-16(18)19/h3-11H,12H2,1-2H3,(H,18,19). The van der Waals surface area contributed by atoms with Crippen molar-refractivity contribution < 1.29 is 14.6 Å². The van der Waals surface area contributed by atoms with Gasteiger partial charge in [-0.25, -0.2) is 0 Å². The van der Waals surface area contributed by atoms with Crippen molar-refractivity contribution in [3.05, 3.63) is 65.7 Å². The van der Waals surface area contributed by atoms with Crippen LogP contribution in [0.2, 0.25) is 0 Å². The Bertz CT molecular complexity index is 571. The number of hydrogen-bond acceptors (Lipinski definition) is 2. The molecule has 2 rings (SSSR count). The second-order valence-corrected chi connectivity index (χ2v) is 5.19. The van der Waals surface area contributed by atoms with E-state index in [1.54, 1.807) is 12.1 Å². The van der Waals surface area contributed by atoms with Crippen LogP contribution in [0.1, 0.15) is 25.0 Å². The summed E-state index contributed by atoms with van der Waals surface area (Å²) in [6.45, 7) is 4.01. The predicted octanol–water partition coefficient (Wildman–Crippen LogP) is 3.63. The topological polar surface area (TPSA) is 46.5 Å². The summed E-state index contributed by atoms with van der Waals surface area (Å²) < 4.78 is 6.00. The maximum atomic E-state index is 10.6. The third-order valence-corrected chi connectivity index (χ3v) is 3.12. The number of benzene rings is 2. The summed E-state index contributed by atoms with van der Waals surface area (Å²) in [4.78, 5) is 10.6. The molecular weight excluding hydrogens is 252 g/mol. The molecule has 0 heterocycles. The fourth-order valence-electron chi connectivity index (χ4n) is 2.04. The van der Waals surface area contributed by atoms with Gasteiger partial charge in [0.2, 0.25) is 0 Å². The Morgan fingerprint density at radius 2 is 1.65 bits per heavy atom. The molecule has 0 spiro atoms. The molecule has 3 heteroatoms. The van der Waals surface area contributed by atoms with Gasteiger partial charge in [-0.1, -0.05) is 42.5 Å². The minimum absolute atomic E-state index is 0.0301. The molecule has 3 nitrogen and oxygen atoms in total. The van der Waals surface area contributed by atoms with Gasteiger partial charge >= 0.3 is 5.97 Å². The number of ether oxygens (including phenoxy) is 1. The summed E-state index contributed by atoms with van der Waals surface area (Å²) in [5.41, 5.74) is 1.42. The lowest BCUT2D eigenvalue weighted by molar-refractivity contribution is -0.136. The molecule has 0 unspecified atom stereocenters. The first-order chi connectivity index (χ1) is 9.47. The second-order valence-electron chi connectivity index (χ2n) is 5.19. The molecule has 0 bridgehead atoms. The Labute approximate surface area is 118 Å². The number of hydrogen-bond donors (Lipinski definition) is 1. The fraction of sp³-hybridized carbons (Fsp3) is 0.235. The first-order valence-corrected chi connectivity index (χ1v) is 6.53. The van der Waals surface area contributed by atoms with Gasteiger partial charge in [-0.2, -0.15) is 0 Å². The van der Waals surface area contributed by atoms with E-state index in [9.17, 15) is 4.79 Å². The van der Waals surface area contributed by atoms with E-state index < -0.39 is 11.6 Å². The summed E-state index contributed by atoms with van der Waals surface area (Å²) >= 11 is 0.